The van der Waals surface area contributed by atoms with Crippen LogP contribution in [0.4, 0.5) is 0 Å². The summed E-state index contributed by atoms with van der Waals surface area (Å²) in [4.78, 5) is 54.4. The second kappa shape index (κ2) is 39.1. The van der Waals surface area contributed by atoms with Crippen LogP contribution in [0.3, 0.4) is 0 Å². The number of esters is 2. The highest BCUT2D eigenvalue weighted by atomic mass is 31.2. The molecule has 1 saturated carbocycles. The highest BCUT2D eigenvalue weighted by Gasteiger charge is 2.54. The van der Waals surface area contributed by atoms with Gasteiger partial charge in [-0.25, -0.2) is 9.13 Å². The van der Waals surface area contributed by atoms with Crippen molar-refractivity contribution in [2.75, 3.05) is 13.2 Å². The van der Waals surface area contributed by atoms with Crippen LogP contribution in [0.1, 0.15) is 142 Å². The number of hydrogen-bond donors (Lipinski definition) is 7. The Morgan fingerprint density at radius 1 is 0.500 bits per heavy atom. The molecule has 0 aromatic carbocycles. The van der Waals surface area contributed by atoms with Crippen LogP contribution < -0.4 is 0 Å². The standard InChI is InChI=1S/C53H84O17P2/c1-3-5-7-8-9-10-11-12-13-14-15-16-17-18-23-26-29-32-36-40-47(55)67-43(42-66-72(63,64)70-53-50(58)48(56)49(57)52(51(53)59)69-71(60,61)62)41-65-46(54)39-35-31-28-25-22-20-19-21-24-27-30-34-38-45-44(68-45)37-33-6-4-2/h5-7,9-10,12-13,15-16,20-22,24,28,30-31,33-34,43-45,48-53,56-59H,3-4,8,11,14,17-19,23,25-27,29,32,35-42H2,1-2H3,(H,63,64)(H2,60,61,62)/b7-5-,10-9-,13-12-,16-15-,22-20-,24-21-,31-28-,33-6-,34-30-/t43-,44?,45?,48?,49?,50?,51?,52-,53+/m1/s1. The number of ether oxygens (including phenoxy) is 3. The molecule has 0 radical (unpaired) electrons. The Morgan fingerprint density at radius 3 is 1.49 bits per heavy atom. The summed E-state index contributed by atoms with van der Waals surface area (Å²) in [5.41, 5.74) is 0. The number of aliphatic hydroxyl groups is 4. The lowest BCUT2D eigenvalue weighted by atomic mass is 9.85. The third kappa shape index (κ3) is 32.0. The fourth-order valence-electron chi connectivity index (χ4n) is 7.26. The molecule has 2 rings (SSSR count). The normalized spacial score (nSPS) is 24.5. The summed E-state index contributed by atoms with van der Waals surface area (Å²) >= 11 is 0. The number of carbonyl (C=O) groups excluding carboxylic acids is 2. The highest BCUT2D eigenvalue weighted by Crippen LogP contribution is 2.49. The molecular formula is C53H84O17P2. The minimum absolute atomic E-state index is 0.00283. The maximum absolute atomic E-state index is 13.0. The van der Waals surface area contributed by atoms with Crippen molar-refractivity contribution in [3.05, 3.63) is 109 Å². The van der Waals surface area contributed by atoms with Crippen LogP contribution in [0.15, 0.2) is 109 Å². The molecule has 0 spiro atoms. The van der Waals surface area contributed by atoms with Crippen LogP contribution in [0, 0.1) is 0 Å². The number of aliphatic hydroxyl groups excluding tert-OH is 4. The number of phosphoric acid groups is 2. The van der Waals surface area contributed by atoms with Gasteiger partial charge in [0.25, 0.3) is 0 Å². The lowest BCUT2D eigenvalue weighted by Gasteiger charge is -2.43. The smallest absolute Gasteiger partial charge is 0.462 e. The molecule has 1 saturated heterocycles. The van der Waals surface area contributed by atoms with Crippen molar-refractivity contribution >= 4 is 27.6 Å². The van der Waals surface area contributed by atoms with E-state index in [1.165, 1.54) is 0 Å². The second-order valence-electron chi connectivity index (χ2n) is 17.5. The van der Waals surface area contributed by atoms with E-state index in [1.807, 2.05) is 24.3 Å². The van der Waals surface area contributed by atoms with Crippen molar-refractivity contribution < 1.29 is 81.6 Å². The average Bonchev–Trinajstić information content (AvgIpc) is 4.10. The average molecular weight is 1060 g/mol. The summed E-state index contributed by atoms with van der Waals surface area (Å²) in [5.74, 6) is -1.33. The van der Waals surface area contributed by atoms with E-state index in [2.05, 4.69) is 103 Å². The fraction of sp³-hybridized carbons (Fsp3) is 0.623. The third-order valence-electron chi connectivity index (χ3n) is 11.3. The van der Waals surface area contributed by atoms with Crippen molar-refractivity contribution in [1.82, 2.24) is 0 Å². The van der Waals surface area contributed by atoms with Gasteiger partial charge in [0.2, 0.25) is 0 Å². The van der Waals surface area contributed by atoms with Crippen LogP contribution >= 0.6 is 15.6 Å². The molecule has 1 aliphatic carbocycles. The van der Waals surface area contributed by atoms with Gasteiger partial charge in [0, 0.05) is 12.8 Å². The Kier molecular flexibility index (Phi) is 35.1. The minimum Gasteiger partial charge on any atom is -0.462 e. The van der Waals surface area contributed by atoms with E-state index < -0.39 is 83.5 Å². The van der Waals surface area contributed by atoms with Crippen LogP contribution in [-0.2, 0) is 46.5 Å². The van der Waals surface area contributed by atoms with Crippen molar-refractivity contribution in [1.29, 1.82) is 0 Å². The van der Waals surface area contributed by atoms with Crippen LogP contribution in [-0.4, -0.2) is 115 Å². The number of carbonyl (C=O) groups is 2. The van der Waals surface area contributed by atoms with Gasteiger partial charge in [-0.05, 0) is 89.9 Å². The van der Waals surface area contributed by atoms with Gasteiger partial charge >= 0.3 is 27.6 Å². The Hall–Kier alpha value is -3.38. The molecule has 0 bridgehead atoms. The first-order valence-electron chi connectivity index (χ1n) is 25.6. The van der Waals surface area contributed by atoms with Crippen LogP contribution in [0.5, 0.6) is 0 Å². The first-order valence-corrected chi connectivity index (χ1v) is 28.6. The predicted octanol–water partition coefficient (Wildman–Crippen LogP) is 9.49. The number of allylic oxidation sites excluding steroid dienone is 16. The SMILES string of the molecule is CC/C=C\C/C=C\C/C=C\C/C=C\CCCCCCCCC(=O)O[C@H](COC(=O)CC/C=C\C/C=C\C/C=C\C/C=C\CC1OC1C/C=C\CC)COP(=O)(O)O[C@H]1C(O)C(O)C(O)[C@@H](OP(=O)(O)O)C1O. The van der Waals surface area contributed by atoms with E-state index in [0.717, 1.165) is 96.3 Å². The van der Waals surface area contributed by atoms with E-state index in [1.54, 1.807) is 0 Å². The highest BCUT2D eigenvalue weighted by molar-refractivity contribution is 7.47. The van der Waals surface area contributed by atoms with Gasteiger partial charge in [0.1, 0.15) is 43.2 Å². The topological polar surface area (TPSA) is 269 Å². The number of unbranched alkanes of at least 4 members (excludes halogenated alkanes) is 6. The van der Waals surface area contributed by atoms with Crippen LogP contribution in [0.2, 0.25) is 0 Å². The van der Waals surface area contributed by atoms with Crippen molar-refractivity contribution in [3.63, 3.8) is 0 Å². The van der Waals surface area contributed by atoms with Crippen LogP contribution in [0.25, 0.3) is 0 Å². The van der Waals surface area contributed by atoms with E-state index in [4.69, 9.17) is 23.3 Å². The van der Waals surface area contributed by atoms with Crippen molar-refractivity contribution in [3.8, 4) is 0 Å². The predicted molar refractivity (Wildman–Crippen MR) is 277 cm³/mol. The summed E-state index contributed by atoms with van der Waals surface area (Å²) in [7, 11) is -10.7. The first kappa shape index (κ1) is 64.7. The Bertz CT molecular complexity index is 1870. The number of phosphoric ester groups is 2. The van der Waals surface area contributed by atoms with E-state index >= 15 is 0 Å². The lowest BCUT2D eigenvalue weighted by molar-refractivity contribution is -0.216. The number of hydrogen-bond acceptors (Lipinski definition) is 14. The van der Waals surface area contributed by atoms with E-state index in [9.17, 15) is 53.8 Å². The molecule has 2 aliphatic rings. The molecule has 0 aromatic heterocycles. The molecule has 72 heavy (non-hydrogen) atoms. The molecule has 408 valence electrons. The molecular weight excluding hydrogens is 971 g/mol. The fourth-order valence-corrected chi connectivity index (χ4v) is 8.80. The summed E-state index contributed by atoms with van der Waals surface area (Å²) < 4.78 is 55.1. The van der Waals surface area contributed by atoms with Gasteiger partial charge in [-0.15, -0.1) is 0 Å². The first-order chi connectivity index (χ1) is 34.6. The molecule has 1 heterocycles. The van der Waals surface area contributed by atoms with E-state index in [0.29, 0.717) is 31.5 Å². The number of rotatable bonds is 40. The third-order valence-corrected chi connectivity index (χ3v) is 12.8. The molecule has 17 nitrogen and oxygen atoms in total. The zero-order valence-electron chi connectivity index (χ0n) is 42.3. The Balaban J connectivity index is 1.79. The summed E-state index contributed by atoms with van der Waals surface area (Å²) in [6.07, 6.45) is 39.4. The van der Waals surface area contributed by atoms with Gasteiger partial charge in [-0.1, -0.05) is 149 Å². The summed E-state index contributed by atoms with van der Waals surface area (Å²) in [6.45, 7) is 2.80. The summed E-state index contributed by atoms with van der Waals surface area (Å²) in [6, 6.07) is 0. The second-order valence-corrected chi connectivity index (χ2v) is 20.1. The molecule has 2 fully saturated rings. The molecule has 1 aliphatic heterocycles. The molecule has 10 atom stereocenters. The largest absolute Gasteiger partial charge is 0.472 e. The number of epoxide rings is 1. The van der Waals surface area contributed by atoms with Gasteiger partial charge in [0.15, 0.2) is 6.10 Å². The molecule has 7 unspecified atom stereocenters. The van der Waals surface area contributed by atoms with Crippen molar-refractivity contribution in [2.24, 2.45) is 0 Å². The summed E-state index contributed by atoms with van der Waals surface area (Å²) in [5, 5.41) is 41.3. The quantitative estimate of drug-likeness (QED) is 0.00990. The molecule has 7 N–H and O–H groups in total. The Labute approximate surface area is 427 Å². The monoisotopic (exact) mass is 1050 g/mol. The maximum atomic E-state index is 13.0. The minimum atomic E-state index is -5.38. The van der Waals surface area contributed by atoms with Crippen molar-refractivity contribution in [2.45, 2.75) is 197 Å². The lowest BCUT2D eigenvalue weighted by Crippen LogP contribution is -2.64. The zero-order valence-corrected chi connectivity index (χ0v) is 44.0. The van der Waals surface area contributed by atoms with Gasteiger partial charge in [-0.3, -0.25) is 23.2 Å². The van der Waals surface area contributed by atoms with E-state index in [-0.39, 0.29) is 12.8 Å². The molecule has 19 heteroatoms. The Morgan fingerprint density at radius 2 is 0.944 bits per heavy atom. The van der Waals surface area contributed by atoms with Gasteiger partial charge < -0.3 is 49.3 Å². The molecule has 0 aromatic rings. The maximum Gasteiger partial charge on any atom is 0.472 e. The van der Waals surface area contributed by atoms with Gasteiger partial charge in [0.05, 0.1) is 18.8 Å². The van der Waals surface area contributed by atoms with Gasteiger partial charge in [-0.2, -0.15) is 0 Å². The zero-order chi connectivity index (χ0) is 52.9. The molecule has 0 amide bonds.